The van der Waals surface area contributed by atoms with Gasteiger partial charge in [0, 0.05) is 29.8 Å². The molecule has 0 radical (unpaired) electrons. The van der Waals surface area contributed by atoms with Gasteiger partial charge in [0.05, 0.1) is 17.1 Å². The number of alkyl carbamates (subject to hydrolysis) is 1. The van der Waals surface area contributed by atoms with Crippen molar-refractivity contribution >= 4 is 43.5 Å². The second-order valence-corrected chi connectivity index (χ2v) is 9.70. The number of aliphatic imine (C=N–C) groups is 3. The number of rotatable bonds is 8. The molecule has 3 rings (SSSR count). The van der Waals surface area contributed by atoms with Crippen LogP contribution in [0.3, 0.4) is 0 Å². The zero-order valence-electron chi connectivity index (χ0n) is 20.3. The fourth-order valence-electron chi connectivity index (χ4n) is 4.58. The minimum Gasteiger partial charge on any atom is -0.479 e. The summed E-state index contributed by atoms with van der Waals surface area (Å²) in [4.78, 5) is 60.5. The molecule has 0 spiro atoms. The van der Waals surface area contributed by atoms with E-state index in [4.69, 9.17) is 4.74 Å². The molecule has 0 saturated carbocycles. The van der Waals surface area contributed by atoms with E-state index in [1.165, 1.54) is 25.6 Å². The van der Waals surface area contributed by atoms with E-state index in [0.29, 0.717) is 29.8 Å². The van der Waals surface area contributed by atoms with Crippen LogP contribution in [0, 0.1) is 0 Å². The van der Waals surface area contributed by atoms with Crippen molar-refractivity contribution in [3.8, 4) is 0 Å². The van der Waals surface area contributed by atoms with E-state index < -0.39 is 34.3 Å². The number of aliphatic carboxylic acids is 1. The summed E-state index contributed by atoms with van der Waals surface area (Å²) in [6.45, 7) is 9.99. The molecule has 3 atom stereocenters. The molecule has 35 heavy (non-hydrogen) atoms. The first-order valence-corrected chi connectivity index (χ1v) is 10.7. The van der Waals surface area contributed by atoms with Crippen molar-refractivity contribution in [1.29, 1.82) is 0 Å². The molecule has 0 saturated heterocycles. The lowest BCUT2D eigenvalue weighted by atomic mass is 9.69. The Kier molecular flexibility index (Phi) is 6.27. The highest BCUT2D eigenvalue weighted by Crippen LogP contribution is 2.50. The van der Waals surface area contributed by atoms with Crippen molar-refractivity contribution in [1.82, 2.24) is 16.0 Å². The van der Waals surface area contributed by atoms with Crippen molar-refractivity contribution in [2.24, 2.45) is 15.0 Å². The molecule has 0 fully saturated rings. The normalized spacial score (nSPS) is 29.4. The SMILES string of the molecule is CC(C)(C)OC(=O)NC1=CC(C)(C2=C(NC=O)C=NC2(C)C2=C(NC=O)C=NC2(C)C(=O)O)N=C1. The molecule has 0 bridgehead atoms. The minimum atomic E-state index is -1.75. The average molecular weight is 485 g/mol. The third-order valence-electron chi connectivity index (χ3n) is 5.81. The van der Waals surface area contributed by atoms with Crippen molar-refractivity contribution in [2.45, 2.75) is 63.8 Å². The number of nitrogens with zero attached hydrogens (tertiary/aromatic N) is 3. The molecule has 12 heteroatoms. The molecule has 3 unspecified atom stereocenters. The number of nitrogens with one attached hydrogen (secondary N) is 3. The number of amides is 3. The van der Waals surface area contributed by atoms with Crippen LogP contribution in [-0.2, 0) is 19.1 Å². The number of allylic oxidation sites excluding steroid dienone is 3. The van der Waals surface area contributed by atoms with Crippen LogP contribution in [0.5, 0.6) is 0 Å². The molecule has 3 aliphatic heterocycles. The van der Waals surface area contributed by atoms with Crippen LogP contribution in [0.25, 0.3) is 0 Å². The van der Waals surface area contributed by atoms with E-state index in [2.05, 4.69) is 30.9 Å². The first-order valence-electron chi connectivity index (χ1n) is 10.7. The Morgan fingerprint density at radius 3 is 2.06 bits per heavy atom. The van der Waals surface area contributed by atoms with Crippen LogP contribution in [0.4, 0.5) is 4.79 Å². The van der Waals surface area contributed by atoms with Gasteiger partial charge in [0.25, 0.3) is 0 Å². The molecule has 0 aromatic carbocycles. The first kappa shape index (κ1) is 25.5. The van der Waals surface area contributed by atoms with Gasteiger partial charge in [-0.15, -0.1) is 0 Å². The molecular formula is C23H28N6O6. The number of hydrogen-bond acceptors (Lipinski definition) is 8. The second kappa shape index (κ2) is 8.60. The number of hydrogen-bond donors (Lipinski definition) is 4. The minimum absolute atomic E-state index is 0.177. The fraction of sp³-hybridized carbons (Fsp3) is 0.435. The number of carboxylic acids is 1. The van der Waals surface area contributed by atoms with Crippen LogP contribution >= 0.6 is 0 Å². The average Bonchev–Trinajstić information content (AvgIpc) is 3.37. The van der Waals surface area contributed by atoms with E-state index in [-0.39, 0.29) is 11.3 Å². The Morgan fingerprint density at radius 2 is 1.51 bits per heavy atom. The number of carbonyl (C=O) groups excluding carboxylic acids is 3. The maximum absolute atomic E-state index is 12.3. The molecule has 12 nitrogen and oxygen atoms in total. The molecule has 0 aromatic rings. The molecule has 4 N–H and O–H groups in total. The number of ether oxygens (including phenoxy) is 1. The smallest absolute Gasteiger partial charge is 0.412 e. The lowest BCUT2D eigenvalue weighted by molar-refractivity contribution is -0.141. The Hall–Kier alpha value is -4.09. The third-order valence-corrected chi connectivity index (χ3v) is 5.81. The van der Waals surface area contributed by atoms with Gasteiger partial charge in [0.15, 0.2) is 5.54 Å². The summed E-state index contributed by atoms with van der Waals surface area (Å²) in [5, 5.41) is 17.8. The predicted molar refractivity (Wildman–Crippen MR) is 128 cm³/mol. The van der Waals surface area contributed by atoms with E-state index >= 15 is 0 Å². The number of carboxylic acid groups (broad SMARTS) is 1. The molecule has 3 heterocycles. The molecule has 3 amide bonds. The van der Waals surface area contributed by atoms with E-state index in [1.807, 2.05) is 0 Å². The van der Waals surface area contributed by atoms with E-state index in [9.17, 15) is 24.3 Å². The first-order chi connectivity index (χ1) is 16.2. The zero-order valence-corrected chi connectivity index (χ0v) is 20.3. The maximum atomic E-state index is 12.3. The zero-order chi connectivity index (χ0) is 26.2. The Morgan fingerprint density at radius 1 is 0.943 bits per heavy atom. The van der Waals surface area contributed by atoms with Crippen LogP contribution in [0.1, 0.15) is 41.5 Å². The van der Waals surface area contributed by atoms with Crippen LogP contribution < -0.4 is 16.0 Å². The summed E-state index contributed by atoms with van der Waals surface area (Å²) in [6, 6.07) is 0. The summed E-state index contributed by atoms with van der Waals surface area (Å²) < 4.78 is 5.29. The lowest BCUT2D eigenvalue weighted by Gasteiger charge is -2.39. The van der Waals surface area contributed by atoms with E-state index in [1.54, 1.807) is 40.7 Å². The highest BCUT2D eigenvalue weighted by atomic mass is 16.6. The third kappa shape index (κ3) is 4.51. The predicted octanol–water partition coefficient (Wildman–Crippen LogP) is 1.01. The second-order valence-electron chi connectivity index (χ2n) is 9.70. The molecule has 3 aliphatic rings. The topological polar surface area (TPSA) is 171 Å². The van der Waals surface area contributed by atoms with Gasteiger partial charge in [-0.25, -0.2) is 9.59 Å². The Bertz CT molecular complexity index is 1170. The van der Waals surface area contributed by atoms with Gasteiger partial charge >= 0.3 is 12.1 Å². The summed E-state index contributed by atoms with van der Waals surface area (Å²) in [7, 11) is 0. The van der Waals surface area contributed by atoms with Crippen molar-refractivity contribution in [2.75, 3.05) is 0 Å². The molecule has 0 aliphatic carbocycles. The lowest BCUT2D eigenvalue weighted by Crippen LogP contribution is -2.48. The van der Waals surface area contributed by atoms with Gasteiger partial charge in [-0.3, -0.25) is 29.9 Å². The quantitative estimate of drug-likeness (QED) is 0.375. The van der Waals surface area contributed by atoms with Gasteiger partial charge in [-0.2, -0.15) is 0 Å². The van der Waals surface area contributed by atoms with Crippen LogP contribution in [0.2, 0.25) is 0 Å². The fourth-order valence-corrected chi connectivity index (χ4v) is 4.58. The molecular weight excluding hydrogens is 456 g/mol. The standard InChI is InChI=1S/C23H28N6O6/c1-20(2,3)35-19(34)29-13-7-21(4,26-8-13)16-14(24-11-30)9-27-22(16,5)17-15(25-12-31)10-28-23(17,6)18(32)33/h7-12H,1-6H3,(H,24,30)(H,25,31)(H,29,34)(H,32,33). The van der Waals surface area contributed by atoms with Crippen molar-refractivity contribution in [3.63, 3.8) is 0 Å². The van der Waals surface area contributed by atoms with Crippen molar-refractivity contribution < 1.29 is 29.0 Å². The molecule has 186 valence electrons. The Labute approximate surface area is 202 Å². The number of carbonyl (C=O) groups is 4. The van der Waals surface area contributed by atoms with E-state index in [0.717, 1.165) is 0 Å². The van der Waals surface area contributed by atoms with Crippen LogP contribution in [-0.4, -0.2) is 70.9 Å². The maximum Gasteiger partial charge on any atom is 0.412 e. The van der Waals surface area contributed by atoms with Crippen molar-refractivity contribution in [3.05, 3.63) is 34.3 Å². The van der Waals surface area contributed by atoms with Gasteiger partial charge in [0.2, 0.25) is 12.8 Å². The van der Waals surface area contributed by atoms with Gasteiger partial charge in [-0.05, 0) is 47.6 Å². The monoisotopic (exact) mass is 484 g/mol. The largest absolute Gasteiger partial charge is 0.479 e. The summed E-state index contributed by atoms with van der Waals surface area (Å²) in [5.74, 6) is -1.25. The van der Waals surface area contributed by atoms with Gasteiger partial charge in [-0.1, -0.05) is 0 Å². The highest BCUT2D eigenvalue weighted by molar-refractivity contribution is 6.00. The van der Waals surface area contributed by atoms with Crippen LogP contribution in [0.15, 0.2) is 49.3 Å². The summed E-state index contributed by atoms with van der Waals surface area (Å²) >= 11 is 0. The van der Waals surface area contributed by atoms with Gasteiger partial charge in [0.1, 0.15) is 16.7 Å². The van der Waals surface area contributed by atoms with Gasteiger partial charge < -0.3 is 20.5 Å². The molecule has 0 aromatic heterocycles. The Balaban J connectivity index is 2.12. The summed E-state index contributed by atoms with van der Waals surface area (Å²) in [6.07, 6.45) is 5.98. The highest BCUT2D eigenvalue weighted by Gasteiger charge is 2.57. The summed E-state index contributed by atoms with van der Waals surface area (Å²) in [5.41, 5.74) is -3.57.